The molecule has 6 heteroatoms. The summed E-state index contributed by atoms with van der Waals surface area (Å²) < 4.78 is 0. The molecule has 0 aliphatic heterocycles. The third-order valence-electron chi connectivity index (χ3n) is 1.05. The standard InChI is InChI=1S/C6H10ClN5/c1-12(2)11-5-3-4(7)9-6(8)10-5/h3H,1-2H3,(H3,8,9,10,11). The Morgan fingerprint density at radius 2 is 2.17 bits per heavy atom. The molecule has 0 bridgehead atoms. The van der Waals surface area contributed by atoms with Gasteiger partial charge in [-0.2, -0.15) is 4.98 Å². The quantitative estimate of drug-likeness (QED) is 0.524. The number of hydrazine groups is 1. The van der Waals surface area contributed by atoms with Crippen LogP contribution in [0, 0.1) is 0 Å². The van der Waals surface area contributed by atoms with Gasteiger partial charge >= 0.3 is 0 Å². The van der Waals surface area contributed by atoms with E-state index in [1.54, 1.807) is 11.1 Å². The van der Waals surface area contributed by atoms with E-state index in [1.807, 2.05) is 14.1 Å². The molecule has 0 saturated carbocycles. The Morgan fingerprint density at radius 1 is 1.50 bits per heavy atom. The van der Waals surface area contributed by atoms with Gasteiger partial charge in [0.05, 0.1) is 0 Å². The van der Waals surface area contributed by atoms with Crippen molar-refractivity contribution in [2.45, 2.75) is 0 Å². The summed E-state index contributed by atoms with van der Waals surface area (Å²) in [6.45, 7) is 0. The van der Waals surface area contributed by atoms with Crippen molar-refractivity contribution in [2.24, 2.45) is 0 Å². The van der Waals surface area contributed by atoms with Crippen molar-refractivity contribution < 1.29 is 0 Å². The third kappa shape index (κ3) is 2.52. The van der Waals surface area contributed by atoms with Crippen molar-refractivity contribution in [3.8, 4) is 0 Å². The Bertz CT molecular complexity index is 254. The van der Waals surface area contributed by atoms with Crippen LogP contribution in [0.25, 0.3) is 0 Å². The number of nitrogen functional groups attached to an aromatic ring is 1. The molecule has 0 amide bonds. The van der Waals surface area contributed by atoms with Crippen molar-refractivity contribution in [1.82, 2.24) is 15.0 Å². The molecule has 1 aromatic heterocycles. The van der Waals surface area contributed by atoms with Crippen LogP contribution in [0.15, 0.2) is 6.07 Å². The molecular formula is C6H10ClN5. The smallest absolute Gasteiger partial charge is 0.223 e. The SMILES string of the molecule is CN(C)Nc1cc(Cl)nc(N)n1. The molecule has 0 aliphatic carbocycles. The Labute approximate surface area is 75.5 Å². The molecule has 1 aromatic rings. The minimum atomic E-state index is 0.159. The average molecular weight is 188 g/mol. The van der Waals surface area contributed by atoms with Gasteiger partial charge in [0.2, 0.25) is 5.95 Å². The van der Waals surface area contributed by atoms with E-state index in [1.165, 1.54) is 0 Å². The topological polar surface area (TPSA) is 67.1 Å². The zero-order valence-corrected chi connectivity index (χ0v) is 7.63. The summed E-state index contributed by atoms with van der Waals surface area (Å²) in [4.78, 5) is 7.62. The molecule has 0 fully saturated rings. The number of rotatable bonds is 2. The molecule has 0 aromatic carbocycles. The number of nitrogens with one attached hydrogen (secondary N) is 1. The van der Waals surface area contributed by atoms with Crippen LogP contribution in [0.5, 0.6) is 0 Å². The van der Waals surface area contributed by atoms with Gasteiger partial charge in [0.15, 0.2) is 0 Å². The average Bonchev–Trinajstić information content (AvgIpc) is 1.81. The van der Waals surface area contributed by atoms with Crippen molar-refractivity contribution in [1.29, 1.82) is 0 Å². The fourth-order valence-electron chi connectivity index (χ4n) is 0.722. The van der Waals surface area contributed by atoms with Crippen molar-refractivity contribution in [2.75, 3.05) is 25.3 Å². The molecule has 66 valence electrons. The number of anilines is 2. The van der Waals surface area contributed by atoms with Crippen LogP contribution in [-0.4, -0.2) is 29.1 Å². The second-order valence-corrected chi connectivity index (χ2v) is 2.83. The summed E-state index contributed by atoms with van der Waals surface area (Å²) in [5.41, 5.74) is 8.27. The van der Waals surface area contributed by atoms with Gasteiger partial charge in [-0.3, -0.25) is 0 Å². The minimum absolute atomic E-state index is 0.159. The molecule has 0 aliphatic rings. The summed E-state index contributed by atoms with van der Waals surface area (Å²) in [6.07, 6.45) is 0. The van der Waals surface area contributed by atoms with Crippen molar-refractivity contribution in [3.63, 3.8) is 0 Å². The number of nitrogens with two attached hydrogens (primary N) is 1. The molecule has 0 radical (unpaired) electrons. The molecule has 12 heavy (non-hydrogen) atoms. The van der Waals surface area contributed by atoms with E-state index >= 15 is 0 Å². The lowest BCUT2D eigenvalue weighted by molar-refractivity contribution is 0.492. The van der Waals surface area contributed by atoms with Gasteiger partial charge in [-0.05, 0) is 0 Å². The summed E-state index contributed by atoms with van der Waals surface area (Å²) in [7, 11) is 3.68. The van der Waals surface area contributed by atoms with E-state index in [0.717, 1.165) is 0 Å². The fourth-order valence-corrected chi connectivity index (χ4v) is 0.912. The zero-order valence-electron chi connectivity index (χ0n) is 6.87. The number of aromatic nitrogens is 2. The molecule has 5 nitrogen and oxygen atoms in total. The molecule has 0 unspecified atom stereocenters. The minimum Gasteiger partial charge on any atom is -0.368 e. The van der Waals surface area contributed by atoms with Gasteiger partial charge < -0.3 is 11.2 Å². The van der Waals surface area contributed by atoms with Crippen LogP contribution in [0.2, 0.25) is 5.15 Å². The monoisotopic (exact) mass is 187 g/mol. The van der Waals surface area contributed by atoms with Gasteiger partial charge in [0.25, 0.3) is 0 Å². The molecule has 3 N–H and O–H groups in total. The first kappa shape index (κ1) is 9.02. The summed E-state index contributed by atoms with van der Waals surface area (Å²) in [5.74, 6) is 0.740. The van der Waals surface area contributed by atoms with Crippen LogP contribution in [0.3, 0.4) is 0 Å². The highest BCUT2D eigenvalue weighted by Crippen LogP contribution is 2.11. The first-order valence-electron chi connectivity index (χ1n) is 3.32. The fraction of sp³-hybridized carbons (Fsp3) is 0.333. The van der Waals surface area contributed by atoms with Crippen molar-refractivity contribution >= 4 is 23.4 Å². The maximum absolute atomic E-state index is 5.64. The van der Waals surface area contributed by atoms with Crippen LogP contribution < -0.4 is 11.2 Å². The Kier molecular flexibility index (Phi) is 2.67. The number of hydrogen-bond donors (Lipinski definition) is 2. The highest BCUT2D eigenvalue weighted by Gasteiger charge is 1.99. The van der Waals surface area contributed by atoms with E-state index in [4.69, 9.17) is 17.3 Å². The summed E-state index contributed by atoms with van der Waals surface area (Å²) >= 11 is 5.64. The van der Waals surface area contributed by atoms with E-state index in [0.29, 0.717) is 11.0 Å². The molecule has 0 atom stereocenters. The van der Waals surface area contributed by atoms with Gasteiger partial charge in [0, 0.05) is 20.2 Å². The predicted octanol–water partition coefficient (Wildman–Crippen LogP) is 0.601. The van der Waals surface area contributed by atoms with E-state index in [-0.39, 0.29) is 5.95 Å². The highest BCUT2D eigenvalue weighted by molar-refractivity contribution is 6.29. The van der Waals surface area contributed by atoms with Crippen LogP contribution in [0.1, 0.15) is 0 Å². The summed E-state index contributed by atoms with van der Waals surface area (Å²) in [6, 6.07) is 1.60. The largest absolute Gasteiger partial charge is 0.368 e. The van der Waals surface area contributed by atoms with Gasteiger partial charge in [0.1, 0.15) is 11.0 Å². The molecule has 0 spiro atoms. The molecule has 1 heterocycles. The molecule has 0 saturated heterocycles. The zero-order chi connectivity index (χ0) is 9.14. The first-order valence-corrected chi connectivity index (χ1v) is 3.70. The van der Waals surface area contributed by atoms with E-state index in [2.05, 4.69) is 15.4 Å². The number of halogens is 1. The maximum atomic E-state index is 5.64. The first-order chi connectivity index (χ1) is 5.58. The third-order valence-corrected chi connectivity index (χ3v) is 1.24. The lowest BCUT2D eigenvalue weighted by atomic mass is 10.6. The van der Waals surface area contributed by atoms with Gasteiger partial charge in [-0.25, -0.2) is 9.99 Å². The summed E-state index contributed by atoms with van der Waals surface area (Å²) in [5, 5.41) is 2.06. The maximum Gasteiger partial charge on any atom is 0.223 e. The predicted molar refractivity (Wildman–Crippen MR) is 48.8 cm³/mol. The highest BCUT2D eigenvalue weighted by atomic mass is 35.5. The van der Waals surface area contributed by atoms with Crippen molar-refractivity contribution in [3.05, 3.63) is 11.2 Å². The van der Waals surface area contributed by atoms with Crippen LogP contribution in [-0.2, 0) is 0 Å². The second kappa shape index (κ2) is 3.55. The molecular weight excluding hydrogens is 178 g/mol. The molecule has 1 rings (SSSR count). The van der Waals surface area contributed by atoms with E-state index in [9.17, 15) is 0 Å². The lowest BCUT2D eigenvalue weighted by Gasteiger charge is -2.12. The van der Waals surface area contributed by atoms with Crippen LogP contribution >= 0.6 is 11.6 Å². The van der Waals surface area contributed by atoms with Gasteiger partial charge in [-0.1, -0.05) is 11.6 Å². The van der Waals surface area contributed by atoms with Gasteiger partial charge in [-0.15, -0.1) is 0 Å². The lowest BCUT2D eigenvalue weighted by Crippen LogP contribution is -2.20. The normalized spacial score (nSPS) is 10.3. The second-order valence-electron chi connectivity index (χ2n) is 2.44. The Balaban J connectivity index is 2.85. The Morgan fingerprint density at radius 3 is 2.67 bits per heavy atom. The number of hydrogen-bond acceptors (Lipinski definition) is 5. The number of nitrogens with zero attached hydrogens (tertiary/aromatic N) is 3. The Hall–Kier alpha value is -1.07. The van der Waals surface area contributed by atoms with E-state index < -0.39 is 0 Å². The van der Waals surface area contributed by atoms with Crippen LogP contribution in [0.4, 0.5) is 11.8 Å².